The Hall–Kier alpha value is -1.71. The number of aromatic amines is 1. The van der Waals surface area contributed by atoms with Gasteiger partial charge in [-0.15, -0.1) is 0 Å². The zero-order valence-corrected chi connectivity index (χ0v) is 6.97. The van der Waals surface area contributed by atoms with Crippen molar-refractivity contribution >= 4 is 11.0 Å². The van der Waals surface area contributed by atoms with Crippen molar-refractivity contribution in [1.29, 1.82) is 0 Å². The lowest BCUT2D eigenvalue weighted by Crippen LogP contribution is -2.09. The Balaban J connectivity index is 2.89. The summed E-state index contributed by atoms with van der Waals surface area (Å²) in [6.45, 7) is 1.67. The number of hydrogen-bond donors (Lipinski definition) is 1. The quantitative estimate of drug-likeness (QED) is 0.662. The van der Waals surface area contributed by atoms with Gasteiger partial charge in [-0.05, 0) is 19.1 Å². The van der Waals surface area contributed by atoms with Crippen molar-refractivity contribution in [3.63, 3.8) is 0 Å². The molecule has 66 valence electrons. The molecular formula is C9H7FN2O. The molecule has 2 aromatic rings. The average molecular weight is 178 g/mol. The van der Waals surface area contributed by atoms with Gasteiger partial charge >= 0.3 is 0 Å². The van der Waals surface area contributed by atoms with E-state index in [0.29, 0.717) is 16.6 Å². The van der Waals surface area contributed by atoms with Crippen LogP contribution in [-0.4, -0.2) is 9.97 Å². The first-order valence-corrected chi connectivity index (χ1v) is 3.82. The van der Waals surface area contributed by atoms with Gasteiger partial charge in [0.1, 0.15) is 11.5 Å². The first-order valence-electron chi connectivity index (χ1n) is 3.82. The molecule has 0 amide bonds. The van der Waals surface area contributed by atoms with E-state index < -0.39 is 5.82 Å². The summed E-state index contributed by atoms with van der Waals surface area (Å²) in [5.41, 5.74) is 0.781. The molecule has 0 fully saturated rings. The summed E-state index contributed by atoms with van der Waals surface area (Å²) < 4.78 is 12.7. The number of rotatable bonds is 0. The van der Waals surface area contributed by atoms with Crippen LogP contribution in [-0.2, 0) is 0 Å². The molecule has 1 N–H and O–H groups in total. The third-order valence-electron chi connectivity index (χ3n) is 1.85. The Morgan fingerprint density at radius 3 is 3.00 bits per heavy atom. The van der Waals surface area contributed by atoms with Gasteiger partial charge in [0.25, 0.3) is 5.56 Å². The highest BCUT2D eigenvalue weighted by Crippen LogP contribution is 2.08. The van der Waals surface area contributed by atoms with Crippen molar-refractivity contribution in [1.82, 2.24) is 9.97 Å². The van der Waals surface area contributed by atoms with Crippen molar-refractivity contribution in [2.24, 2.45) is 0 Å². The van der Waals surface area contributed by atoms with Crippen molar-refractivity contribution < 1.29 is 4.39 Å². The van der Waals surface area contributed by atoms with E-state index in [1.54, 1.807) is 13.0 Å². The number of aryl methyl sites for hydroxylation is 1. The van der Waals surface area contributed by atoms with E-state index in [2.05, 4.69) is 9.97 Å². The third-order valence-corrected chi connectivity index (χ3v) is 1.85. The molecule has 0 atom stereocenters. The van der Waals surface area contributed by atoms with Gasteiger partial charge in [-0.25, -0.2) is 9.37 Å². The molecule has 0 unspecified atom stereocenters. The molecule has 0 aromatic carbocycles. The highest BCUT2D eigenvalue weighted by atomic mass is 19.1. The number of halogens is 1. The largest absolute Gasteiger partial charge is 0.306 e. The van der Waals surface area contributed by atoms with Crippen LogP contribution in [0.5, 0.6) is 0 Å². The molecule has 4 heteroatoms. The third kappa shape index (κ3) is 1.30. The molecule has 0 radical (unpaired) electrons. The van der Waals surface area contributed by atoms with E-state index in [0.717, 1.165) is 6.20 Å². The second-order valence-corrected chi connectivity index (χ2v) is 2.87. The molecule has 2 rings (SSSR count). The maximum absolute atomic E-state index is 12.7. The van der Waals surface area contributed by atoms with Crippen molar-refractivity contribution in [2.45, 2.75) is 6.92 Å². The Labute approximate surface area is 73.2 Å². The fourth-order valence-corrected chi connectivity index (χ4v) is 1.17. The summed E-state index contributed by atoms with van der Waals surface area (Å²) in [5, 5.41) is 0.608. The highest BCUT2D eigenvalue weighted by Gasteiger charge is 2.00. The molecule has 0 aliphatic rings. The molecule has 0 saturated carbocycles. The van der Waals surface area contributed by atoms with Crippen LogP contribution < -0.4 is 5.56 Å². The summed E-state index contributed by atoms with van der Waals surface area (Å²) in [7, 11) is 0. The number of nitrogens with zero attached hydrogens (tertiary/aromatic N) is 1. The van der Waals surface area contributed by atoms with Crippen LogP contribution in [0.4, 0.5) is 4.39 Å². The molecular weight excluding hydrogens is 171 g/mol. The summed E-state index contributed by atoms with van der Waals surface area (Å²) >= 11 is 0. The molecule has 0 aliphatic carbocycles. The topological polar surface area (TPSA) is 45.8 Å². The summed E-state index contributed by atoms with van der Waals surface area (Å²) in [6.07, 6.45) is 1.08. The Bertz CT molecular complexity index is 518. The standard InChI is InChI=1S/C9H7FN2O/c1-5-2-6-3-7(10)4-11-8(6)12-9(5)13/h2-4H,1H3,(H,11,12,13). The van der Waals surface area contributed by atoms with Gasteiger partial charge in [-0.2, -0.15) is 0 Å². The van der Waals surface area contributed by atoms with Crippen molar-refractivity contribution in [2.75, 3.05) is 0 Å². The predicted molar refractivity (Wildman–Crippen MR) is 47.1 cm³/mol. The van der Waals surface area contributed by atoms with Crippen LogP contribution in [0.2, 0.25) is 0 Å². The number of fused-ring (bicyclic) bond motifs is 1. The van der Waals surface area contributed by atoms with Crippen LogP contribution in [0.1, 0.15) is 5.56 Å². The van der Waals surface area contributed by atoms with Gasteiger partial charge in [-0.1, -0.05) is 0 Å². The minimum atomic E-state index is -0.404. The average Bonchev–Trinajstić information content (AvgIpc) is 2.08. The second-order valence-electron chi connectivity index (χ2n) is 2.87. The van der Waals surface area contributed by atoms with E-state index in [-0.39, 0.29) is 5.56 Å². The van der Waals surface area contributed by atoms with Crippen molar-refractivity contribution in [3.05, 3.63) is 40.1 Å². The van der Waals surface area contributed by atoms with E-state index in [4.69, 9.17) is 0 Å². The lowest BCUT2D eigenvalue weighted by Gasteiger charge is -1.97. The minimum absolute atomic E-state index is 0.188. The van der Waals surface area contributed by atoms with E-state index in [1.807, 2.05) is 0 Å². The van der Waals surface area contributed by atoms with Gasteiger partial charge in [0, 0.05) is 10.9 Å². The summed E-state index contributed by atoms with van der Waals surface area (Å²) in [6, 6.07) is 2.95. The van der Waals surface area contributed by atoms with E-state index in [9.17, 15) is 9.18 Å². The normalized spacial score (nSPS) is 10.6. The van der Waals surface area contributed by atoms with Crippen LogP contribution in [0.15, 0.2) is 23.1 Å². The molecule has 0 spiro atoms. The monoisotopic (exact) mass is 178 g/mol. The maximum Gasteiger partial charge on any atom is 0.252 e. The van der Waals surface area contributed by atoms with Crippen LogP contribution in [0, 0.1) is 12.7 Å². The number of pyridine rings is 2. The SMILES string of the molecule is Cc1cc2cc(F)cnc2[nH]c1=O. The van der Waals surface area contributed by atoms with Crippen LogP contribution >= 0.6 is 0 Å². The van der Waals surface area contributed by atoms with Gasteiger partial charge < -0.3 is 4.98 Å². The minimum Gasteiger partial charge on any atom is -0.306 e. The Kier molecular flexibility index (Phi) is 1.62. The Morgan fingerprint density at radius 2 is 2.23 bits per heavy atom. The fraction of sp³-hybridized carbons (Fsp3) is 0.111. The van der Waals surface area contributed by atoms with Gasteiger partial charge in [-0.3, -0.25) is 4.79 Å². The van der Waals surface area contributed by atoms with Crippen molar-refractivity contribution in [3.8, 4) is 0 Å². The summed E-state index contributed by atoms with van der Waals surface area (Å²) in [5.74, 6) is -0.404. The van der Waals surface area contributed by atoms with Gasteiger partial charge in [0.15, 0.2) is 0 Å². The number of H-pyrrole nitrogens is 1. The number of aromatic nitrogens is 2. The second kappa shape index (κ2) is 2.65. The predicted octanol–water partition coefficient (Wildman–Crippen LogP) is 1.37. The highest BCUT2D eigenvalue weighted by molar-refractivity contribution is 5.74. The lowest BCUT2D eigenvalue weighted by atomic mass is 10.2. The zero-order chi connectivity index (χ0) is 9.42. The lowest BCUT2D eigenvalue weighted by molar-refractivity contribution is 0.624. The number of hydrogen-bond acceptors (Lipinski definition) is 2. The van der Waals surface area contributed by atoms with Crippen LogP contribution in [0.3, 0.4) is 0 Å². The van der Waals surface area contributed by atoms with E-state index in [1.165, 1.54) is 6.07 Å². The molecule has 0 bridgehead atoms. The first-order chi connectivity index (χ1) is 6.16. The van der Waals surface area contributed by atoms with E-state index >= 15 is 0 Å². The molecule has 0 saturated heterocycles. The molecule has 2 aromatic heterocycles. The fourth-order valence-electron chi connectivity index (χ4n) is 1.17. The maximum atomic E-state index is 12.7. The molecule has 13 heavy (non-hydrogen) atoms. The Morgan fingerprint density at radius 1 is 1.46 bits per heavy atom. The van der Waals surface area contributed by atoms with Gasteiger partial charge in [0.2, 0.25) is 0 Å². The number of nitrogens with one attached hydrogen (secondary N) is 1. The molecule has 0 aliphatic heterocycles. The first kappa shape index (κ1) is 7.91. The van der Waals surface area contributed by atoms with Gasteiger partial charge in [0.05, 0.1) is 6.20 Å². The zero-order valence-electron chi connectivity index (χ0n) is 6.97. The molecule has 3 nitrogen and oxygen atoms in total. The smallest absolute Gasteiger partial charge is 0.252 e. The summed E-state index contributed by atoms with van der Waals surface area (Å²) in [4.78, 5) is 17.4. The molecule has 2 heterocycles. The van der Waals surface area contributed by atoms with Crippen LogP contribution in [0.25, 0.3) is 11.0 Å².